The predicted molar refractivity (Wildman–Crippen MR) is 94.4 cm³/mol. The van der Waals surface area contributed by atoms with Crippen molar-refractivity contribution in [2.24, 2.45) is 0 Å². The lowest BCUT2D eigenvalue weighted by molar-refractivity contribution is -0.149. The van der Waals surface area contributed by atoms with Crippen LogP contribution in [0.3, 0.4) is 0 Å². The van der Waals surface area contributed by atoms with Crippen LogP contribution in [0.2, 0.25) is 0 Å². The van der Waals surface area contributed by atoms with Crippen LogP contribution in [-0.4, -0.2) is 20.9 Å². The number of carbonyl (C=O) groups excluding carboxylic acids is 1. The first-order valence-electron chi connectivity index (χ1n) is 8.14. The molecule has 124 valence electrons. The molecule has 0 unspecified atom stereocenters. The zero-order valence-electron chi connectivity index (χ0n) is 13.1. The predicted octanol–water partition coefficient (Wildman–Crippen LogP) is 4.90. The van der Waals surface area contributed by atoms with Crippen LogP contribution < -0.4 is 0 Å². The molecule has 0 radical (unpaired) electrons. The highest BCUT2D eigenvalue weighted by Crippen LogP contribution is 2.28. The summed E-state index contributed by atoms with van der Waals surface area (Å²) in [7, 11) is 0. The number of aliphatic carboxylic acids is 1. The molecule has 0 saturated heterocycles. The number of carbonyl (C=O) groups is 2. The Bertz CT molecular complexity index is 304. The van der Waals surface area contributed by atoms with Gasteiger partial charge in [0.05, 0.1) is 0 Å². The van der Waals surface area contributed by atoms with Crippen molar-refractivity contribution in [3.63, 3.8) is 0 Å². The van der Waals surface area contributed by atoms with Gasteiger partial charge in [-0.25, -0.2) is 4.79 Å². The van der Waals surface area contributed by atoms with Gasteiger partial charge < -0.3 is 5.11 Å². The van der Waals surface area contributed by atoms with Gasteiger partial charge in [-0.1, -0.05) is 77.6 Å². The van der Waals surface area contributed by atoms with E-state index in [1.165, 1.54) is 51.4 Å². The van der Waals surface area contributed by atoms with Gasteiger partial charge in [-0.2, -0.15) is 25.3 Å². The van der Waals surface area contributed by atoms with E-state index in [0.717, 1.165) is 19.3 Å². The Labute approximate surface area is 140 Å². The summed E-state index contributed by atoms with van der Waals surface area (Å²) in [6.07, 6.45) is 13.8. The lowest BCUT2D eigenvalue weighted by Gasteiger charge is -2.18. The highest BCUT2D eigenvalue weighted by molar-refractivity contribution is 8.02. The topological polar surface area (TPSA) is 54.4 Å². The zero-order chi connectivity index (χ0) is 16.1. The summed E-state index contributed by atoms with van der Waals surface area (Å²) in [5, 5.41) is 8.65. The van der Waals surface area contributed by atoms with Crippen LogP contribution in [0.1, 0.15) is 84.0 Å². The summed E-state index contributed by atoms with van der Waals surface area (Å²) in [5.74, 6) is -2.38. The third-order valence-corrected chi connectivity index (χ3v) is 4.54. The Morgan fingerprint density at radius 1 is 0.810 bits per heavy atom. The Kier molecular flexibility index (Phi) is 12.3. The van der Waals surface area contributed by atoms with E-state index < -0.39 is 15.8 Å². The Hall–Kier alpha value is -0.160. The molecule has 0 aromatic carbocycles. The number of ketones is 1. The molecule has 0 spiro atoms. The first kappa shape index (κ1) is 20.8. The van der Waals surface area contributed by atoms with Crippen molar-refractivity contribution in [1.82, 2.24) is 0 Å². The van der Waals surface area contributed by atoms with E-state index in [1.807, 2.05) is 0 Å². The molecule has 0 aliphatic carbocycles. The van der Waals surface area contributed by atoms with E-state index in [4.69, 9.17) is 5.11 Å². The first-order chi connectivity index (χ1) is 9.91. The number of hydrogen-bond acceptors (Lipinski definition) is 4. The fourth-order valence-corrected chi connectivity index (χ4v) is 2.83. The zero-order valence-corrected chi connectivity index (χ0v) is 14.9. The molecule has 0 heterocycles. The molecule has 0 aliphatic rings. The number of hydrogen-bond donors (Lipinski definition) is 3. The first-order valence-corrected chi connectivity index (χ1v) is 9.03. The van der Waals surface area contributed by atoms with E-state index in [1.54, 1.807) is 0 Å². The molecule has 0 bridgehead atoms. The molecule has 0 aliphatic heterocycles. The molecule has 3 nitrogen and oxygen atoms in total. The maximum absolute atomic E-state index is 11.3. The van der Waals surface area contributed by atoms with Crippen LogP contribution in [-0.2, 0) is 9.59 Å². The summed E-state index contributed by atoms with van der Waals surface area (Å²) in [4.78, 5) is 21.9. The lowest BCUT2D eigenvalue weighted by Crippen LogP contribution is -2.33. The molecule has 0 saturated carbocycles. The monoisotopic (exact) mass is 334 g/mol. The Morgan fingerprint density at radius 3 is 1.57 bits per heavy atom. The normalized spacial score (nSPS) is 11.6. The molecule has 1 N–H and O–H groups in total. The largest absolute Gasteiger partial charge is 0.475 e. The van der Waals surface area contributed by atoms with E-state index in [2.05, 4.69) is 32.2 Å². The van der Waals surface area contributed by atoms with Gasteiger partial charge in [-0.3, -0.25) is 4.79 Å². The summed E-state index contributed by atoms with van der Waals surface area (Å²) in [6, 6.07) is 0. The van der Waals surface area contributed by atoms with Gasteiger partial charge in [0, 0.05) is 0 Å². The molecular formula is C16H30O3S2. The average Bonchev–Trinajstić information content (AvgIpc) is 2.43. The average molecular weight is 335 g/mol. The van der Waals surface area contributed by atoms with E-state index in [0.29, 0.717) is 6.42 Å². The smallest absolute Gasteiger partial charge is 0.374 e. The third kappa shape index (κ3) is 11.1. The van der Waals surface area contributed by atoms with Crippen LogP contribution >= 0.6 is 25.3 Å². The number of unbranched alkanes of at least 4 members (excludes halogenated alkanes) is 10. The van der Waals surface area contributed by atoms with Gasteiger partial charge in [0.25, 0.3) is 5.78 Å². The van der Waals surface area contributed by atoms with Crippen LogP contribution in [0.5, 0.6) is 0 Å². The van der Waals surface area contributed by atoms with E-state index >= 15 is 0 Å². The second kappa shape index (κ2) is 12.4. The van der Waals surface area contributed by atoms with Crippen molar-refractivity contribution >= 4 is 37.0 Å². The number of rotatable bonds is 14. The Morgan fingerprint density at radius 2 is 1.19 bits per heavy atom. The lowest BCUT2D eigenvalue weighted by atomic mass is 10.0. The van der Waals surface area contributed by atoms with Gasteiger partial charge in [-0.05, 0) is 6.42 Å². The van der Waals surface area contributed by atoms with Crippen LogP contribution in [0.25, 0.3) is 0 Å². The maximum Gasteiger partial charge on any atom is 0.374 e. The summed E-state index contributed by atoms with van der Waals surface area (Å²) in [5.41, 5.74) is 0. The van der Waals surface area contributed by atoms with Crippen LogP contribution in [0.15, 0.2) is 0 Å². The number of carboxylic acids is 1. The molecule has 0 atom stereocenters. The number of carboxylic acid groups (broad SMARTS) is 1. The highest BCUT2D eigenvalue weighted by atomic mass is 32.2. The summed E-state index contributed by atoms with van der Waals surface area (Å²) in [6.45, 7) is 2.23. The molecule has 0 amide bonds. The molecule has 0 aromatic rings. The number of thiol groups is 2. The molecular weight excluding hydrogens is 304 g/mol. The second-order valence-corrected chi connectivity index (χ2v) is 7.62. The third-order valence-electron chi connectivity index (χ3n) is 3.69. The van der Waals surface area contributed by atoms with Crippen molar-refractivity contribution in [2.45, 2.75) is 88.1 Å². The van der Waals surface area contributed by atoms with Gasteiger partial charge in [0.1, 0.15) is 4.08 Å². The van der Waals surface area contributed by atoms with Crippen molar-refractivity contribution in [3.05, 3.63) is 0 Å². The van der Waals surface area contributed by atoms with Crippen molar-refractivity contribution < 1.29 is 14.7 Å². The van der Waals surface area contributed by atoms with Crippen molar-refractivity contribution in [2.75, 3.05) is 0 Å². The minimum Gasteiger partial charge on any atom is -0.475 e. The van der Waals surface area contributed by atoms with Gasteiger partial charge in [-0.15, -0.1) is 0 Å². The van der Waals surface area contributed by atoms with Crippen LogP contribution in [0, 0.1) is 0 Å². The highest BCUT2D eigenvalue weighted by Gasteiger charge is 2.34. The molecule has 0 aromatic heterocycles. The van der Waals surface area contributed by atoms with Crippen LogP contribution in [0.4, 0.5) is 0 Å². The van der Waals surface area contributed by atoms with E-state index in [-0.39, 0.29) is 0 Å². The number of Topliss-reactive ketones (excluding diaryl/α,β-unsaturated/α-hetero) is 1. The van der Waals surface area contributed by atoms with Gasteiger partial charge in [0.2, 0.25) is 0 Å². The summed E-state index contributed by atoms with van der Waals surface area (Å²) >= 11 is 8.11. The van der Waals surface area contributed by atoms with E-state index in [9.17, 15) is 9.59 Å². The fourth-order valence-electron chi connectivity index (χ4n) is 2.32. The molecule has 0 rings (SSSR count). The second-order valence-electron chi connectivity index (χ2n) is 5.74. The molecule has 21 heavy (non-hydrogen) atoms. The summed E-state index contributed by atoms with van der Waals surface area (Å²) < 4.78 is -1.33. The molecule has 0 fully saturated rings. The quantitative estimate of drug-likeness (QED) is 0.183. The minimum absolute atomic E-state index is 0.404. The fraction of sp³-hybridized carbons (Fsp3) is 0.875. The minimum atomic E-state index is -1.46. The SMILES string of the molecule is CCCCCCCCCCCCCC(S)(S)C(=O)C(=O)O. The standard InChI is InChI=1S/C16H30O3S2/c1-2-3-4-5-6-7-8-9-10-11-12-13-16(20,21)14(17)15(18)19/h20-21H,2-13H2,1H3,(H,18,19). The van der Waals surface area contributed by atoms with Gasteiger partial charge >= 0.3 is 5.97 Å². The van der Waals surface area contributed by atoms with Gasteiger partial charge in [0.15, 0.2) is 0 Å². The Balaban J connectivity index is 3.44. The maximum atomic E-state index is 11.3. The van der Waals surface area contributed by atoms with Crippen molar-refractivity contribution in [3.8, 4) is 0 Å². The van der Waals surface area contributed by atoms with Crippen molar-refractivity contribution in [1.29, 1.82) is 0 Å². The molecule has 5 heteroatoms.